The minimum absolute atomic E-state index is 0.303. The second-order valence-corrected chi connectivity index (χ2v) is 6.65. The molecule has 9 nitrogen and oxygen atoms in total. The van der Waals surface area contributed by atoms with Gasteiger partial charge in [0, 0.05) is 18.6 Å². The van der Waals surface area contributed by atoms with Crippen LogP contribution in [0.1, 0.15) is 20.8 Å². The number of methoxy groups -OCH3 is 1. The quantitative estimate of drug-likeness (QED) is 0.485. The largest absolute Gasteiger partial charge is 0.461 e. The van der Waals surface area contributed by atoms with Gasteiger partial charge in [-0.2, -0.15) is 0 Å². The number of amides is 1. The van der Waals surface area contributed by atoms with E-state index in [9.17, 15) is 14.7 Å². The number of rotatable bonds is 9. The van der Waals surface area contributed by atoms with Crippen molar-refractivity contribution in [2.45, 2.75) is 44.9 Å². The number of primary amides is 1. The van der Waals surface area contributed by atoms with E-state index in [1.807, 2.05) is 0 Å². The van der Waals surface area contributed by atoms with Crippen LogP contribution in [0.2, 0.25) is 0 Å². The Morgan fingerprint density at radius 1 is 1.29 bits per heavy atom. The minimum Gasteiger partial charge on any atom is -0.461 e. The predicted octanol–water partition coefficient (Wildman–Crippen LogP) is 1.78. The van der Waals surface area contributed by atoms with Gasteiger partial charge in [-0.1, -0.05) is 12.1 Å². The summed E-state index contributed by atoms with van der Waals surface area (Å²) in [4.78, 5) is 22.6. The van der Waals surface area contributed by atoms with Crippen molar-refractivity contribution in [2.24, 2.45) is 5.73 Å². The summed E-state index contributed by atoms with van der Waals surface area (Å²) >= 11 is 0. The van der Waals surface area contributed by atoms with Crippen molar-refractivity contribution in [3.63, 3.8) is 0 Å². The van der Waals surface area contributed by atoms with Gasteiger partial charge in [-0.15, -0.1) is 0 Å². The molecule has 2 rings (SSSR count). The average Bonchev–Trinajstić information content (AvgIpc) is 2.60. The van der Waals surface area contributed by atoms with Gasteiger partial charge in [-0.3, -0.25) is 0 Å². The summed E-state index contributed by atoms with van der Waals surface area (Å²) in [5.74, 6) is 0.333. The van der Waals surface area contributed by atoms with Crippen LogP contribution in [-0.2, 0) is 14.2 Å². The Balaban J connectivity index is 2.18. The summed E-state index contributed by atoms with van der Waals surface area (Å²) in [6, 6.07) is 8.16. The van der Waals surface area contributed by atoms with Crippen molar-refractivity contribution in [2.75, 3.05) is 13.7 Å². The third kappa shape index (κ3) is 5.22. The van der Waals surface area contributed by atoms with Gasteiger partial charge >= 0.3 is 11.7 Å². The fraction of sp³-hybridized carbons (Fsp3) is 0.474. The molecule has 0 bridgehead atoms. The van der Waals surface area contributed by atoms with Crippen LogP contribution in [0.4, 0.5) is 4.79 Å². The summed E-state index contributed by atoms with van der Waals surface area (Å²) in [5.41, 5.74) is 3.81. The van der Waals surface area contributed by atoms with Crippen molar-refractivity contribution in [3.05, 3.63) is 40.8 Å². The van der Waals surface area contributed by atoms with E-state index in [2.05, 4.69) is 0 Å². The Morgan fingerprint density at radius 3 is 2.61 bits per heavy atom. The van der Waals surface area contributed by atoms with Crippen LogP contribution < -0.4 is 16.1 Å². The number of aliphatic hydroxyl groups is 1. The molecule has 2 aromatic rings. The molecule has 0 aliphatic carbocycles. The zero-order chi connectivity index (χ0) is 20.9. The normalized spacial score (nSPS) is 15.0. The average molecular weight is 395 g/mol. The summed E-state index contributed by atoms with van der Waals surface area (Å²) in [6.07, 6.45) is -3.69. The first-order valence-electron chi connectivity index (χ1n) is 8.65. The van der Waals surface area contributed by atoms with Crippen LogP contribution in [0.15, 0.2) is 39.5 Å². The first-order chi connectivity index (χ1) is 13.2. The zero-order valence-corrected chi connectivity index (χ0v) is 16.2. The van der Waals surface area contributed by atoms with Crippen LogP contribution in [-0.4, -0.2) is 49.0 Å². The molecule has 0 aliphatic rings. The van der Waals surface area contributed by atoms with Gasteiger partial charge in [0.25, 0.3) is 0 Å². The number of fused-ring (bicyclic) bond motifs is 1. The highest BCUT2D eigenvalue weighted by atomic mass is 16.7. The minimum atomic E-state index is -1.04. The van der Waals surface area contributed by atoms with Gasteiger partial charge in [-0.05, 0) is 32.9 Å². The smallest absolute Gasteiger partial charge is 0.404 e. The van der Waals surface area contributed by atoms with Gasteiger partial charge in [0.2, 0.25) is 0 Å². The molecule has 154 valence electrons. The number of nitrogens with two attached hydrogens (primary N) is 1. The number of carbonyl (C=O) groups is 1. The number of carbonyl (C=O) groups excluding carboxylic acids is 1. The van der Waals surface area contributed by atoms with Crippen molar-refractivity contribution >= 4 is 17.1 Å². The zero-order valence-electron chi connectivity index (χ0n) is 16.2. The molecule has 1 aromatic heterocycles. The number of hydrogen-bond acceptors (Lipinski definition) is 8. The molecule has 0 saturated heterocycles. The molecule has 1 heterocycles. The Bertz CT molecular complexity index is 862. The van der Waals surface area contributed by atoms with Crippen LogP contribution in [0.5, 0.6) is 5.75 Å². The SMILES string of the molecule is COC(C(CO)OC(N)=O)C(C)(C)O[C@H](C)Oc1cccc2ccc(=O)oc12. The maximum absolute atomic E-state index is 11.5. The van der Waals surface area contributed by atoms with Gasteiger partial charge < -0.3 is 34.2 Å². The summed E-state index contributed by atoms with van der Waals surface area (Å²) in [7, 11) is 1.40. The molecule has 3 N–H and O–H groups in total. The number of benzene rings is 1. The fourth-order valence-electron chi connectivity index (χ4n) is 3.08. The molecule has 3 atom stereocenters. The van der Waals surface area contributed by atoms with E-state index >= 15 is 0 Å². The Labute approximate surface area is 161 Å². The van der Waals surface area contributed by atoms with Crippen LogP contribution >= 0.6 is 0 Å². The van der Waals surface area contributed by atoms with Crippen LogP contribution in [0, 0.1) is 0 Å². The first kappa shape index (κ1) is 21.7. The van der Waals surface area contributed by atoms with Gasteiger partial charge in [0.05, 0.1) is 12.2 Å². The molecule has 9 heteroatoms. The molecule has 0 fully saturated rings. The lowest BCUT2D eigenvalue weighted by Gasteiger charge is -2.38. The Morgan fingerprint density at radius 2 is 2.00 bits per heavy atom. The predicted molar refractivity (Wildman–Crippen MR) is 100 cm³/mol. The molecular formula is C19H25NO8. The van der Waals surface area contributed by atoms with Crippen molar-refractivity contribution in [1.29, 1.82) is 0 Å². The van der Waals surface area contributed by atoms with E-state index in [0.29, 0.717) is 16.7 Å². The highest BCUT2D eigenvalue weighted by molar-refractivity contribution is 5.82. The summed E-state index contributed by atoms with van der Waals surface area (Å²) in [6.45, 7) is 4.53. The number of para-hydroxylation sites is 1. The molecule has 1 aromatic carbocycles. The lowest BCUT2D eigenvalue weighted by Crippen LogP contribution is -2.53. The van der Waals surface area contributed by atoms with E-state index in [4.69, 9.17) is 29.1 Å². The second kappa shape index (κ2) is 9.05. The standard InChI is InChI=1S/C19H25NO8/c1-11(25-13-7-5-6-12-8-9-15(22)27-16(12)13)28-19(2,3)17(24-4)14(10-21)26-18(20)23/h5-9,11,14,17,21H,10H2,1-4H3,(H2,20,23)/t11-,14?,17?/m1/s1. The lowest BCUT2D eigenvalue weighted by atomic mass is 9.96. The number of ether oxygens (including phenoxy) is 4. The fourth-order valence-corrected chi connectivity index (χ4v) is 3.08. The lowest BCUT2D eigenvalue weighted by molar-refractivity contribution is -0.215. The van der Waals surface area contributed by atoms with Crippen molar-refractivity contribution in [3.8, 4) is 5.75 Å². The monoisotopic (exact) mass is 395 g/mol. The third-order valence-electron chi connectivity index (χ3n) is 4.10. The maximum atomic E-state index is 11.5. The molecule has 0 aliphatic heterocycles. The molecule has 2 unspecified atom stereocenters. The second-order valence-electron chi connectivity index (χ2n) is 6.65. The van der Waals surface area contributed by atoms with E-state index < -0.39 is 42.4 Å². The molecule has 0 radical (unpaired) electrons. The van der Waals surface area contributed by atoms with Gasteiger partial charge in [-0.25, -0.2) is 9.59 Å². The van der Waals surface area contributed by atoms with Gasteiger partial charge in [0.1, 0.15) is 6.10 Å². The van der Waals surface area contributed by atoms with E-state index in [-0.39, 0.29) is 0 Å². The number of aliphatic hydroxyl groups excluding tert-OH is 1. The van der Waals surface area contributed by atoms with Crippen LogP contribution in [0.25, 0.3) is 11.0 Å². The molecular weight excluding hydrogens is 370 g/mol. The van der Waals surface area contributed by atoms with Crippen LogP contribution in [0.3, 0.4) is 0 Å². The highest BCUT2D eigenvalue weighted by Gasteiger charge is 2.40. The van der Waals surface area contributed by atoms with Crippen molar-refractivity contribution in [1.82, 2.24) is 0 Å². The third-order valence-corrected chi connectivity index (χ3v) is 4.10. The highest BCUT2D eigenvalue weighted by Crippen LogP contribution is 2.28. The summed E-state index contributed by atoms with van der Waals surface area (Å²) < 4.78 is 27.2. The van der Waals surface area contributed by atoms with E-state index in [0.717, 1.165) is 0 Å². The summed E-state index contributed by atoms with van der Waals surface area (Å²) in [5, 5.41) is 10.2. The first-order valence-corrected chi connectivity index (χ1v) is 8.65. The van der Waals surface area contributed by atoms with E-state index in [1.54, 1.807) is 45.0 Å². The maximum Gasteiger partial charge on any atom is 0.404 e. The topological polar surface area (TPSA) is 130 Å². The molecule has 1 amide bonds. The van der Waals surface area contributed by atoms with E-state index in [1.165, 1.54) is 13.2 Å². The Hall–Kier alpha value is -2.62. The van der Waals surface area contributed by atoms with Gasteiger partial charge in [0.15, 0.2) is 23.7 Å². The van der Waals surface area contributed by atoms with Crippen molar-refractivity contribution < 1.29 is 33.3 Å². The number of hydrogen-bond donors (Lipinski definition) is 2. The Kier molecular flexibility index (Phi) is 7.00. The molecule has 0 saturated carbocycles. The molecule has 0 spiro atoms. The molecule has 28 heavy (non-hydrogen) atoms.